The van der Waals surface area contributed by atoms with E-state index in [1.54, 1.807) is 28.3 Å². The molecule has 1 amide bonds. The average molecular weight is 360 g/mol. The lowest BCUT2D eigenvalue weighted by Crippen LogP contribution is -2.13. The highest BCUT2D eigenvalue weighted by Gasteiger charge is 2.12. The van der Waals surface area contributed by atoms with Gasteiger partial charge in [0.15, 0.2) is 0 Å². The third kappa shape index (κ3) is 3.27. The molecule has 0 unspecified atom stereocenters. The zero-order chi connectivity index (χ0) is 17.9. The van der Waals surface area contributed by atoms with Crippen LogP contribution in [0.25, 0.3) is 16.9 Å². The minimum atomic E-state index is -0.168. The van der Waals surface area contributed by atoms with E-state index in [0.29, 0.717) is 5.56 Å². The minimum absolute atomic E-state index is 0.168. The summed E-state index contributed by atoms with van der Waals surface area (Å²) >= 11 is 1.59. The number of rotatable bonds is 4. The molecule has 0 aliphatic heterocycles. The maximum atomic E-state index is 12.8. The predicted octanol–water partition coefficient (Wildman–Crippen LogP) is 4.56. The number of aryl methyl sites for hydroxylation is 1. The van der Waals surface area contributed by atoms with Crippen LogP contribution in [-0.2, 0) is 0 Å². The Labute approximate surface area is 155 Å². The van der Waals surface area contributed by atoms with Crippen molar-refractivity contribution >= 4 is 22.9 Å². The summed E-state index contributed by atoms with van der Waals surface area (Å²) in [4.78, 5) is 17.3. The van der Waals surface area contributed by atoms with Gasteiger partial charge in [-0.1, -0.05) is 24.3 Å². The minimum Gasteiger partial charge on any atom is -0.321 e. The number of carbonyl (C=O) groups excluding carboxylic acids is 1. The third-order valence-corrected chi connectivity index (χ3v) is 4.72. The first kappa shape index (κ1) is 16.2. The van der Waals surface area contributed by atoms with Gasteiger partial charge in [0, 0.05) is 28.9 Å². The summed E-state index contributed by atoms with van der Waals surface area (Å²) < 4.78 is 1.72. The average Bonchev–Trinajstić information content (AvgIpc) is 3.34. The summed E-state index contributed by atoms with van der Waals surface area (Å²) in [5.41, 5.74) is 3.93. The highest BCUT2D eigenvalue weighted by Crippen LogP contribution is 2.29. The van der Waals surface area contributed by atoms with Gasteiger partial charge >= 0.3 is 0 Å². The molecule has 5 nitrogen and oxygen atoms in total. The van der Waals surface area contributed by atoms with E-state index in [-0.39, 0.29) is 5.91 Å². The van der Waals surface area contributed by atoms with Crippen molar-refractivity contribution < 1.29 is 4.79 Å². The monoisotopic (exact) mass is 360 g/mol. The first-order valence-corrected chi connectivity index (χ1v) is 9.01. The first-order valence-electron chi connectivity index (χ1n) is 8.14. The summed E-state index contributed by atoms with van der Waals surface area (Å²) in [6.07, 6.45) is 3.55. The largest absolute Gasteiger partial charge is 0.321 e. The Balaban J connectivity index is 1.63. The number of benzene rings is 2. The Hall–Kier alpha value is -3.25. The van der Waals surface area contributed by atoms with Gasteiger partial charge in [-0.15, -0.1) is 11.3 Å². The number of thiazole rings is 1. The van der Waals surface area contributed by atoms with Crippen molar-refractivity contribution in [3.8, 4) is 16.9 Å². The highest BCUT2D eigenvalue weighted by molar-refractivity contribution is 7.09. The number of aromatic nitrogens is 3. The van der Waals surface area contributed by atoms with E-state index >= 15 is 0 Å². The molecular weight excluding hydrogens is 344 g/mol. The molecule has 0 fully saturated rings. The van der Waals surface area contributed by atoms with Crippen molar-refractivity contribution in [3.05, 3.63) is 82.9 Å². The van der Waals surface area contributed by atoms with E-state index in [1.165, 1.54) is 0 Å². The van der Waals surface area contributed by atoms with Crippen molar-refractivity contribution in [2.24, 2.45) is 0 Å². The molecule has 0 saturated carbocycles. The van der Waals surface area contributed by atoms with Crippen LogP contribution in [0.4, 0.5) is 5.69 Å². The number of nitrogens with zero attached hydrogens (tertiary/aromatic N) is 3. The topological polar surface area (TPSA) is 59.8 Å². The first-order chi connectivity index (χ1) is 12.7. The molecule has 4 rings (SSSR count). The molecule has 0 aliphatic rings. The van der Waals surface area contributed by atoms with Crippen LogP contribution < -0.4 is 5.32 Å². The van der Waals surface area contributed by atoms with Gasteiger partial charge in [-0.2, -0.15) is 5.10 Å². The van der Waals surface area contributed by atoms with Crippen molar-refractivity contribution in [1.29, 1.82) is 0 Å². The van der Waals surface area contributed by atoms with E-state index in [1.807, 2.05) is 67.0 Å². The molecule has 6 heteroatoms. The molecule has 0 radical (unpaired) electrons. The van der Waals surface area contributed by atoms with Crippen LogP contribution >= 0.6 is 11.3 Å². The van der Waals surface area contributed by atoms with Crippen molar-refractivity contribution in [2.45, 2.75) is 6.92 Å². The molecule has 0 atom stereocenters. The van der Waals surface area contributed by atoms with Crippen molar-refractivity contribution in [3.63, 3.8) is 0 Å². The summed E-state index contributed by atoms with van der Waals surface area (Å²) in [6, 6.07) is 16.9. The van der Waals surface area contributed by atoms with Crippen LogP contribution in [0.2, 0.25) is 0 Å². The number of carbonyl (C=O) groups is 1. The SMILES string of the molecule is Cc1nc(-c2ccccc2NC(=O)c2cccc(-n3cccn3)c2)cs1. The zero-order valence-corrected chi connectivity index (χ0v) is 14.9. The highest BCUT2D eigenvalue weighted by atomic mass is 32.1. The fourth-order valence-corrected chi connectivity index (χ4v) is 3.32. The molecule has 0 spiro atoms. The molecule has 0 aliphatic carbocycles. The predicted molar refractivity (Wildman–Crippen MR) is 104 cm³/mol. The quantitative estimate of drug-likeness (QED) is 0.580. The number of para-hydroxylation sites is 1. The van der Waals surface area contributed by atoms with Crippen molar-refractivity contribution in [1.82, 2.24) is 14.8 Å². The Kier molecular flexibility index (Phi) is 4.33. The van der Waals surface area contributed by atoms with Crippen LogP contribution in [0, 0.1) is 6.92 Å². The lowest BCUT2D eigenvalue weighted by Gasteiger charge is -2.10. The van der Waals surface area contributed by atoms with E-state index in [2.05, 4.69) is 15.4 Å². The molecule has 4 aromatic rings. The molecule has 2 heterocycles. The molecule has 128 valence electrons. The van der Waals surface area contributed by atoms with E-state index in [9.17, 15) is 4.79 Å². The van der Waals surface area contributed by atoms with Gasteiger partial charge in [-0.3, -0.25) is 4.79 Å². The Morgan fingerprint density at radius 3 is 2.77 bits per heavy atom. The van der Waals surface area contributed by atoms with Crippen LogP contribution in [0.15, 0.2) is 72.4 Å². The van der Waals surface area contributed by atoms with Crippen LogP contribution in [-0.4, -0.2) is 20.7 Å². The summed E-state index contributed by atoms with van der Waals surface area (Å²) in [7, 11) is 0. The molecular formula is C20H16N4OS. The number of hydrogen-bond donors (Lipinski definition) is 1. The molecule has 26 heavy (non-hydrogen) atoms. The van der Waals surface area contributed by atoms with E-state index in [0.717, 1.165) is 27.6 Å². The Bertz CT molecular complexity index is 1050. The zero-order valence-electron chi connectivity index (χ0n) is 14.1. The molecule has 1 N–H and O–H groups in total. The lowest BCUT2D eigenvalue weighted by molar-refractivity contribution is 0.102. The second-order valence-electron chi connectivity index (χ2n) is 5.75. The van der Waals surface area contributed by atoms with Gasteiger partial charge < -0.3 is 5.32 Å². The second-order valence-corrected chi connectivity index (χ2v) is 6.81. The van der Waals surface area contributed by atoms with E-state index in [4.69, 9.17) is 0 Å². The maximum absolute atomic E-state index is 12.8. The second kappa shape index (κ2) is 6.93. The summed E-state index contributed by atoms with van der Waals surface area (Å²) in [6.45, 7) is 1.97. The van der Waals surface area contributed by atoms with Crippen molar-refractivity contribution in [2.75, 3.05) is 5.32 Å². The molecule has 2 aromatic carbocycles. The van der Waals surface area contributed by atoms with Crippen LogP contribution in [0.3, 0.4) is 0 Å². The van der Waals surface area contributed by atoms with Gasteiger partial charge in [-0.25, -0.2) is 9.67 Å². The van der Waals surface area contributed by atoms with Gasteiger partial charge in [-0.05, 0) is 37.3 Å². The van der Waals surface area contributed by atoms with Gasteiger partial charge in [0.1, 0.15) is 0 Å². The number of anilines is 1. The Morgan fingerprint density at radius 1 is 1.12 bits per heavy atom. The third-order valence-electron chi connectivity index (χ3n) is 3.95. The van der Waals surface area contributed by atoms with Gasteiger partial charge in [0.05, 0.1) is 22.1 Å². The number of hydrogen-bond acceptors (Lipinski definition) is 4. The lowest BCUT2D eigenvalue weighted by atomic mass is 10.1. The fourth-order valence-electron chi connectivity index (χ4n) is 2.71. The number of amides is 1. The maximum Gasteiger partial charge on any atom is 0.255 e. The normalized spacial score (nSPS) is 10.7. The molecule has 0 bridgehead atoms. The Morgan fingerprint density at radius 2 is 2.00 bits per heavy atom. The standard InChI is InChI=1S/C20H16N4OS/c1-14-22-19(13-26-14)17-8-2-3-9-18(17)23-20(25)15-6-4-7-16(12-15)24-11-5-10-21-24/h2-13H,1H3,(H,23,25). The van der Waals surface area contributed by atoms with Crippen LogP contribution in [0.5, 0.6) is 0 Å². The van der Waals surface area contributed by atoms with E-state index < -0.39 is 0 Å². The smallest absolute Gasteiger partial charge is 0.255 e. The summed E-state index contributed by atoms with van der Waals surface area (Å²) in [5, 5.41) is 10.2. The van der Waals surface area contributed by atoms with Crippen LogP contribution in [0.1, 0.15) is 15.4 Å². The fraction of sp³-hybridized carbons (Fsp3) is 0.0500. The van der Waals surface area contributed by atoms with Gasteiger partial charge in [0.2, 0.25) is 0 Å². The summed E-state index contributed by atoms with van der Waals surface area (Å²) in [5.74, 6) is -0.168. The van der Waals surface area contributed by atoms with Gasteiger partial charge in [0.25, 0.3) is 5.91 Å². The molecule has 0 saturated heterocycles. The molecule has 2 aromatic heterocycles. The number of nitrogens with one attached hydrogen (secondary N) is 1.